The molecule has 176 valence electrons. The van der Waals surface area contributed by atoms with Crippen LogP contribution >= 0.6 is 0 Å². The average molecular weight is 463 g/mol. The number of piperidine rings is 1. The number of hydrogen-bond acceptors (Lipinski definition) is 6. The predicted octanol–water partition coefficient (Wildman–Crippen LogP) is 4.31. The molecular formula is C23H24F3N3O4. The van der Waals surface area contributed by atoms with Gasteiger partial charge in [0.1, 0.15) is 0 Å². The molecule has 1 N–H and O–H groups in total. The summed E-state index contributed by atoms with van der Waals surface area (Å²) in [5.74, 6) is -1.06. The Morgan fingerprint density at radius 3 is 2.64 bits per heavy atom. The van der Waals surface area contributed by atoms with Crippen molar-refractivity contribution in [3.8, 4) is 0 Å². The molecule has 2 aromatic carbocycles. The Morgan fingerprint density at radius 2 is 1.94 bits per heavy atom. The van der Waals surface area contributed by atoms with Crippen molar-refractivity contribution < 1.29 is 32.3 Å². The Labute approximate surface area is 188 Å². The van der Waals surface area contributed by atoms with Crippen molar-refractivity contribution >= 4 is 16.7 Å². The van der Waals surface area contributed by atoms with E-state index in [0.717, 1.165) is 38.4 Å². The summed E-state index contributed by atoms with van der Waals surface area (Å²) in [6, 6.07) is 15.7. The van der Waals surface area contributed by atoms with Crippen LogP contribution in [0.2, 0.25) is 0 Å². The highest BCUT2D eigenvalue weighted by Crippen LogP contribution is 2.37. The SMILES string of the molecule is Cc1noc([C@H]2C[C@H]3OCC[C@H]3N(Cc3cccc4ccccc34)C2)n1.O=C(O)C(F)(F)F. The molecule has 1 aromatic heterocycles. The van der Waals surface area contributed by atoms with Gasteiger partial charge in [0, 0.05) is 25.7 Å². The van der Waals surface area contributed by atoms with Crippen LogP contribution in [0.4, 0.5) is 13.2 Å². The molecule has 10 heteroatoms. The molecule has 33 heavy (non-hydrogen) atoms. The Bertz CT molecular complexity index is 1110. The number of aryl methyl sites for hydroxylation is 1. The number of hydrogen-bond donors (Lipinski definition) is 1. The fraction of sp³-hybridized carbons (Fsp3) is 0.435. The summed E-state index contributed by atoms with van der Waals surface area (Å²) >= 11 is 0. The van der Waals surface area contributed by atoms with Crippen LogP contribution in [-0.4, -0.2) is 57.6 Å². The Hall–Kier alpha value is -2.98. The molecule has 3 heterocycles. The summed E-state index contributed by atoms with van der Waals surface area (Å²) in [5.41, 5.74) is 1.37. The predicted molar refractivity (Wildman–Crippen MR) is 113 cm³/mol. The fourth-order valence-electron chi connectivity index (χ4n) is 4.54. The second-order valence-electron chi connectivity index (χ2n) is 8.25. The summed E-state index contributed by atoms with van der Waals surface area (Å²) in [6.07, 6.45) is -2.75. The number of likely N-dealkylation sites (tertiary alicyclic amines) is 1. The van der Waals surface area contributed by atoms with E-state index < -0.39 is 12.1 Å². The fourth-order valence-corrected chi connectivity index (χ4v) is 4.54. The first-order chi connectivity index (χ1) is 15.7. The number of benzene rings is 2. The summed E-state index contributed by atoms with van der Waals surface area (Å²) in [6.45, 7) is 4.58. The van der Waals surface area contributed by atoms with Crippen LogP contribution in [0.15, 0.2) is 47.0 Å². The molecule has 0 bridgehead atoms. The molecule has 3 aromatic rings. The summed E-state index contributed by atoms with van der Waals surface area (Å²) in [4.78, 5) is 15.9. The van der Waals surface area contributed by atoms with E-state index in [1.54, 1.807) is 0 Å². The number of aromatic nitrogens is 2. The molecular weight excluding hydrogens is 439 g/mol. The zero-order valence-electron chi connectivity index (χ0n) is 18.0. The lowest BCUT2D eigenvalue weighted by atomic mass is 9.89. The smallest absolute Gasteiger partial charge is 0.475 e. The Balaban J connectivity index is 0.000000325. The van der Waals surface area contributed by atoms with Crippen molar-refractivity contribution in [2.45, 2.75) is 50.6 Å². The van der Waals surface area contributed by atoms with Gasteiger partial charge in [-0.1, -0.05) is 47.6 Å². The molecule has 7 nitrogen and oxygen atoms in total. The lowest BCUT2D eigenvalue weighted by molar-refractivity contribution is -0.192. The van der Waals surface area contributed by atoms with Crippen LogP contribution in [0, 0.1) is 6.92 Å². The molecule has 0 spiro atoms. The number of ether oxygens (including phenoxy) is 1. The standard InChI is InChI=1S/C21H23N3O2.C2HF3O2/c1-14-22-21(26-23-14)17-11-20-19(9-10-25-20)24(13-17)12-16-7-4-6-15-5-2-3-8-18(15)16;3-2(4,5)1(6)7/h2-8,17,19-20H,9-13H2,1H3;(H,6,7)/t17-,19+,20+;/m0./s1. The zero-order valence-corrected chi connectivity index (χ0v) is 18.0. The number of nitrogens with zero attached hydrogens (tertiary/aromatic N) is 3. The monoisotopic (exact) mass is 463 g/mol. The third-order valence-electron chi connectivity index (χ3n) is 6.00. The van der Waals surface area contributed by atoms with Crippen LogP contribution in [0.1, 0.15) is 36.0 Å². The van der Waals surface area contributed by atoms with Gasteiger partial charge in [0.15, 0.2) is 5.82 Å². The first-order valence-electron chi connectivity index (χ1n) is 10.6. The molecule has 5 rings (SSSR count). The lowest BCUT2D eigenvalue weighted by Crippen LogP contribution is -2.48. The number of fused-ring (bicyclic) bond motifs is 2. The second kappa shape index (κ2) is 9.48. The summed E-state index contributed by atoms with van der Waals surface area (Å²) < 4.78 is 43.3. The van der Waals surface area contributed by atoms with Gasteiger partial charge < -0.3 is 14.4 Å². The molecule has 0 amide bonds. The van der Waals surface area contributed by atoms with Crippen molar-refractivity contribution in [3.05, 3.63) is 59.7 Å². The van der Waals surface area contributed by atoms with E-state index in [1.165, 1.54) is 16.3 Å². The van der Waals surface area contributed by atoms with Crippen LogP contribution < -0.4 is 0 Å². The number of carbonyl (C=O) groups is 1. The zero-order chi connectivity index (χ0) is 23.6. The van der Waals surface area contributed by atoms with E-state index in [1.807, 2.05) is 6.92 Å². The van der Waals surface area contributed by atoms with E-state index in [9.17, 15) is 13.2 Å². The van der Waals surface area contributed by atoms with Crippen molar-refractivity contribution in [3.63, 3.8) is 0 Å². The quantitative estimate of drug-likeness (QED) is 0.619. The Morgan fingerprint density at radius 1 is 1.21 bits per heavy atom. The number of aliphatic carboxylic acids is 1. The minimum absolute atomic E-state index is 0.241. The first kappa shape index (κ1) is 23.2. The number of rotatable bonds is 3. The third kappa shape index (κ3) is 5.33. The van der Waals surface area contributed by atoms with Crippen molar-refractivity contribution in [2.24, 2.45) is 0 Å². The van der Waals surface area contributed by atoms with Gasteiger partial charge in [-0.15, -0.1) is 0 Å². The molecule has 2 aliphatic heterocycles. The van der Waals surface area contributed by atoms with Crippen molar-refractivity contribution in [1.29, 1.82) is 0 Å². The van der Waals surface area contributed by atoms with E-state index in [-0.39, 0.29) is 12.0 Å². The highest BCUT2D eigenvalue weighted by Gasteiger charge is 2.42. The van der Waals surface area contributed by atoms with E-state index in [4.69, 9.17) is 19.2 Å². The minimum Gasteiger partial charge on any atom is -0.475 e. The molecule has 2 saturated heterocycles. The van der Waals surface area contributed by atoms with Crippen LogP contribution in [0.3, 0.4) is 0 Å². The lowest BCUT2D eigenvalue weighted by Gasteiger charge is -2.39. The molecule has 2 aliphatic rings. The number of carboxylic acids is 1. The number of alkyl halides is 3. The van der Waals surface area contributed by atoms with Crippen molar-refractivity contribution in [1.82, 2.24) is 15.0 Å². The molecule has 3 atom stereocenters. The molecule has 0 aliphatic carbocycles. The van der Waals surface area contributed by atoms with Gasteiger partial charge in [0.25, 0.3) is 0 Å². The second-order valence-corrected chi connectivity index (χ2v) is 8.25. The normalized spacial score (nSPS) is 23.1. The first-order valence-corrected chi connectivity index (χ1v) is 10.6. The Kier molecular flexibility index (Phi) is 6.66. The van der Waals surface area contributed by atoms with Crippen molar-refractivity contribution in [2.75, 3.05) is 13.2 Å². The molecule has 0 radical (unpaired) electrons. The van der Waals surface area contributed by atoms with Gasteiger partial charge in [0.05, 0.1) is 12.0 Å². The van der Waals surface area contributed by atoms with Crippen LogP contribution in [0.25, 0.3) is 10.8 Å². The average Bonchev–Trinajstić information content (AvgIpc) is 3.43. The van der Waals surface area contributed by atoms with Gasteiger partial charge >= 0.3 is 12.1 Å². The molecule has 0 unspecified atom stereocenters. The number of halogens is 3. The van der Waals surface area contributed by atoms with Crippen LogP contribution in [-0.2, 0) is 16.1 Å². The summed E-state index contributed by atoms with van der Waals surface area (Å²) in [7, 11) is 0. The minimum atomic E-state index is -5.08. The molecule has 0 saturated carbocycles. The van der Waals surface area contributed by atoms with Gasteiger partial charge in [-0.25, -0.2) is 4.79 Å². The van der Waals surface area contributed by atoms with Crippen LogP contribution in [0.5, 0.6) is 0 Å². The maximum atomic E-state index is 10.6. The topological polar surface area (TPSA) is 88.7 Å². The highest BCUT2D eigenvalue weighted by molar-refractivity contribution is 5.85. The van der Waals surface area contributed by atoms with E-state index >= 15 is 0 Å². The third-order valence-corrected chi connectivity index (χ3v) is 6.00. The number of carboxylic acid groups (broad SMARTS) is 1. The maximum absolute atomic E-state index is 10.6. The van der Waals surface area contributed by atoms with Gasteiger partial charge in [0.2, 0.25) is 5.89 Å². The van der Waals surface area contributed by atoms with E-state index in [0.29, 0.717) is 11.9 Å². The highest BCUT2D eigenvalue weighted by atomic mass is 19.4. The van der Waals surface area contributed by atoms with E-state index in [2.05, 4.69) is 57.5 Å². The van der Waals surface area contributed by atoms with Gasteiger partial charge in [-0.2, -0.15) is 18.2 Å². The largest absolute Gasteiger partial charge is 0.490 e. The maximum Gasteiger partial charge on any atom is 0.490 e. The summed E-state index contributed by atoms with van der Waals surface area (Å²) in [5, 5.41) is 13.7. The molecule has 2 fully saturated rings. The van der Waals surface area contributed by atoms with Gasteiger partial charge in [-0.05, 0) is 36.1 Å². The van der Waals surface area contributed by atoms with Gasteiger partial charge in [-0.3, -0.25) is 4.90 Å².